The highest BCUT2D eigenvalue weighted by atomic mass is 127. The highest BCUT2D eigenvalue weighted by molar-refractivity contribution is 14.1. The van der Waals surface area contributed by atoms with Crippen molar-refractivity contribution in [2.24, 2.45) is 5.92 Å². The summed E-state index contributed by atoms with van der Waals surface area (Å²) in [6.45, 7) is 7.04. The van der Waals surface area contributed by atoms with Gasteiger partial charge in [0.2, 0.25) is 0 Å². The second-order valence-electron chi connectivity index (χ2n) is 5.80. The van der Waals surface area contributed by atoms with Gasteiger partial charge in [0.15, 0.2) is 0 Å². The van der Waals surface area contributed by atoms with Crippen LogP contribution in [0.3, 0.4) is 0 Å². The van der Waals surface area contributed by atoms with Gasteiger partial charge in [-0.05, 0) is 76.1 Å². The van der Waals surface area contributed by atoms with Gasteiger partial charge in [-0.1, -0.05) is 37.6 Å². The van der Waals surface area contributed by atoms with Crippen molar-refractivity contribution in [2.75, 3.05) is 0 Å². The molecule has 0 fully saturated rings. The van der Waals surface area contributed by atoms with Crippen molar-refractivity contribution in [2.45, 2.75) is 32.6 Å². The largest absolute Gasteiger partial charge is 0.0727 e. The molecule has 17 heavy (non-hydrogen) atoms. The number of hydrogen-bond donors (Lipinski definition) is 0. The molecule has 0 N–H and O–H groups in total. The Bertz CT molecular complexity index is 547. The lowest BCUT2D eigenvalue weighted by atomic mass is 9.73. The lowest BCUT2D eigenvalue weighted by Crippen LogP contribution is -2.24. The minimum Gasteiger partial charge on any atom is -0.0727 e. The molecule has 1 heteroatoms. The van der Waals surface area contributed by atoms with Crippen LogP contribution in [-0.4, -0.2) is 0 Å². The first-order valence-corrected chi connectivity index (χ1v) is 7.26. The van der Waals surface area contributed by atoms with Crippen LogP contribution in [0.2, 0.25) is 0 Å². The van der Waals surface area contributed by atoms with Gasteiger partial charge in [0.25, 0.3) is 0 Å². The van der Waals surface area contributed by atoms with Crippen LogP contribution in [0.25, 0.3) is 5.57 Å². The molecule has 2 aliphatic rings. The standard InChI is InChI=1S/C16H17I/c1-10-4-6-12-13-7-5-11(17)9-15(13)16(2,3)14(12)8-10/h4-7,9,14H,8H2,1-3H3. The zero-order chi connectivity index (χ0) is 12.2. The molecule has 0 spiro atoms. The Hall–Kier alpha value is -0.570. The molecule has 0 aromatic heterocycles. The summed E-state index contributed by atoms with van der Waals surface area (Å²) in [5.41, 5.74) is 6.34. The summed E-state index contributed by atoms with van der Waals surface area (Å²) in [7, 11) is 0. The van der Waals surface area contributed by atoms with E-state index in [0.29, 0.717) is 5.92 Å². The molecule has 0 saturated carbocycles. The van der Waals surface area contributed by atoms with Crippen LogP contribution >= 0.6 is 22.6 Å². The van der Waals surface area contributed by atoms with Gasteiger partial charge in [-0.3, -0.25) is 0 Å². The number of halogens is 1. The van der Waals surface area contributed by atoms with E-state index in [1.54, 1.807) is 5.57 Å². The monoisotopic (exact) mass is 336 g/mol. The van der Waals surface area contributed by atoms with Gasteiger partial charge in [-0.25, -0.2) is 0 Å². The van der Waals surface area contributed by atoms with Crippen molar-refractivity contribution in [3.8, 4) is 0 Å². The average Bonchev–Trinajstić information content (AvgIpc) is 2.49. The third-order valence-electron chi connectivity index (χ3n) is 4.31. The normalized spacial score (nSPS) is 24.8. The Balaban J connectivity index is 2.24. The number of rotatable bonds is 0. The van der Waals surface area contributed by atoms with Crippen molar-refractivity contribution < 1.29 is 0 Å². The van der Waals surface area contributed by atoms with Crippen LogP contribution in [-0.2, 0) is 5.41 Å². The molecule has 1 aromatic rings. The maximum atomic E-state index is 2.42. The minimum absolute atomic E-state index is 0.276. The molecule has 1 atom stereocenters. The molecule has 0 radical (unpaired) electrons. The van der Waals surface area contributed by atoms with Crippen LogP contribution in [0.4, 0.5) is 0 Å². The minimum atomic E-state index is 0.276. The predicted octanol–water partition coefficient (Wildman–Crippen LogP) is 4.93. The van der Waals surface area contributed by atoms with Crippen molar-refractivity contribution in [3.05, 3.63) is 50.6 Å². The molecule has 0 bridgehead atoms. The lowest BCUT2D eigenvalue weighted by Gasteiger charge is -2.30. The van der Waals surface area contributed by atoms with Gasteiger partial charge < -0.3 is 0 Å². The van der Waals surface area contributed by atoms with Gasteiger partial charge >= 0.3 is 0 Å². The molecule has 0 heterocycles. The smallest absolute Gasteiger partial charge is 0.0133 e. The molecule has 3 rings (SSSR count). The summed E-state index contributed by atoms with van der Waals surface area (Å²) in [5.74, 6) is 0.667. The van der Waals surface area contributed by atoms with Crippen LogP contribution < -0.4 is 0 Å². The number of allylic oxidation sites excluding steroid dienone is 4. The fourth-order valence-electron chi connectivity index (χ4n) is 3.26. The quantitative estimate of drug-likeness (QED) is 0.589. The molecule has 1 aromatic carbocycles. The Labute approximate surface area is 117 Å². The van der Waals surface area contributed by atoms with Gasteiger partial charge in [0, 0.05) is 3.57 Å². The van der Waals surface area contributed by atoms with Gasteiger partial charge in [0.1, 0.15) is 0 Å². The summed E-state index contributed by atoms with van der Waals surface area (Å²) in [6.07, 6.45) is 5.84. The second-order valence-corrected chi connectivity index (χ2v) is 7.05. The third kappa shape index (κ3) is 1.62. The topological polar surface area (TPSA) is 0 Å². The Morgan fingerprint density at radius 2 is 2.00 bits per heavy atom. The molecule has 2 aliphatic carbocycles. The fraction of sp³-hybridized carbons (Fsp3) is 0.375. The van der Waals surface area contributed by atoms with Crippen LogP contribution in [0.5, 0.6) is 0 Å². The summed E-state index contributed by atoms with van der Waals surface area (Å²) in [4.78, 5) is 0. The zero-order valence-corrected chi connectivity index (χ0v) is 12.7. The van der Waals surface area contributed by atoms with E-state index in [9.17, 15) is 0 Å². The van der Waals surface area contributed by atoms with Gasteiger partial charge in [0.05, 0.1) is 0 Å². The van der Waals surface area contributed by atoms with E-state index >= 15 is 0 Å². The molecular formula is C16H17I. The Morgan fingerprint density at radius 1 is 1.24 bits per heavy atom. The van der Waals surface area contributed by atoms with Crippen molar-refractivity contribution >= 4 is 28.2 Å². The van der Waals surface area contributed by atoms with E-state index in [1.807, 2.05) is 0 Å². The molecule has 1 unspecified atom stereocenters. The molecule has 0 nitrogen and oxygen atoms in total. The lowest BCUT2D eigenvalue weighted by molar-refractivity contribution is 0.408. The van der Waals surface area contributed by atoms with E-state index in [2.05, 4.69) is 73.7 Å². The summed E-state index contributed by atoms with van der Waals surface area (Å²) >= 11 is 2.42. The third-order valence-corrected chi connectivity index (χ3v) is 4.98. The SMILES string of the molecule is CC1=CC=C2c3ccc(I)cc3C(C)(C)C2C1. The zero-order valence-electron chi connectivity index (χ0n) is 10.5. The van der Waals surface area contributed by atoms with Crippen molar-refractivity contribution in [1.29, 1.82) is 0 Å². The number of hydrogen-bond acceptors (Lipinski definition) is 0. The first-order chi connectivity index (χ1) is 8.00. The summed E-state index contributed by atoms with van der Waals surface area (Å²) in [5, 5.41) is 0. The highest BCUT2D eigenvalue weighted by Gasteiger charge is 2.43. The summed E-state index contributed by atoms with van der Waals surface area (Å²) in [6, 6.07) is 6.90. The Kier molecular flexibility index (Phi) is 2.51. The first kappa shape index (κ1) is 11.5. The van der Waals surface area contributed by atoms with E-state index in [4.69, 9.17) is 0 Å². The molecular weight excluding hydrogens is 319 g/mol. The summed E-state index contributed by atoms with van der Waals surface area (Å²) < 4.78 is 1.35. The van der Waals surface area contributed by atoms with E-state index in [-0.39, 0.29) is 5.41 Å². The van der Waals surface area contributed by atoms with E-state index < -0.39 is 0 Å². The number of fused-ring (bicyclic) bond motifs is 3. The van der Waals surface area contributed by atoms with Crippen LogP contribution in [0.1, 0.15) is 38.3 Å². The maximum Gasteiger partial charge on any atom is 0.0133 e. The van der Waals surface area contributed by atoms with Crippen LogP contribution in [0.15, 0.2) is 35.9 Å². The predicted molar refractivity (Wildman–Crippen MR) is 82.0 cm³/mol. The molecule has 88 valence electrons. The van der Waals surface area contributed by atoms with E-state index in [1.165, 1.54) is 26.7 Å². The van der Waals surface area contributed by atoms with Crippen molar-refractivity contribution in [1.82, 2.24) is 0 Å². The van der Waals surface area contributed by atoms with Crippen LogP contribution in [0, 0.1) is 9.49 Å². The van der Waals surface area contributed by atoms with Gasteiger partial charge in [-0.2, -0.15) is 0 Å². The van der Waals surface area contributed by atoms with Gasteiger partial charge in [-0.15, -0.1) is 0 Å². The molecule has 0 amide bonds. The fourth-order valence-corrected chi connectivity index (χ4v) is 3.75. The number of benzene rings is 1. The highest BCUT2D eigenvalue weighted by Crippen LogP contribution is 2.53. The Morgan fingerprint density at radius 3 is 2.76 bits per heavy atom. The maximum absolute atomic E-state index is 2.42. The van der Waals surface area contributed by atoms with Crippen molar-refractivity contribution in [3.63, 3.8) is 0 Å². The average molecular weight is 336 g/mol. The molecule has 0 aliphatic heterocycles. The first-order valence-electron chi connectivity index (χ1n) is 6.18. The second kappa shape index (κ2) is 3.71. The van der Waals surface area contributed by atoms with E-state index in [0.717, 1.165) is 0 Å². The molecule has 0 saturated heterocycles.